The van der Waals surface area contributed by atoms with Crippen LogP contribution in [0.2, 0.25) is 0 Å². The summed E-state index contributed by atoms with van der Waals surface area (Å²) in [5.74, 6) is 1.15. The molecular weight excluding hydrogens is 532 g/mol. The number of fused-ring (bicyclic) bond motifs is 1. The molecule has 0 bridgehead atoms. The van der Waals surface area contributed by atoms with Gasteiger partial charge in [-0.3, -0.25) is 9.59 Å². The van der Waals surface area contributed by atoms with Crippen LogP contribution in [0.1, 0.15) is 82.3 Å². The Hall–Kier alpha value is -3.99. The predicted octanol–water partition coefficient (Wildman–Crippen LogP) is 4.37. The molecule has 224 valence electrons. The Bertz CT molecular complexity index is 1400. The topological polar surface area (TPSA) is 146 Å². The van der Waals surface area contributed by atoms with Crippen LogP contribution >= 0.6 is 0 Å². The third-order valence-electron chi connectivity index (χ3n) is 8.32. The minimum Gasteiger partial charge on any atom is -0.393 e. The first kappa shape index (κ1) is 29.5. The Morgan fingerprint density at radius 3 is 2.52 bits per heavy atom. The van der Waals surface area contributed by atoms with Crippen molar-refractivity contribution < 1.29 is 14.7 Å². The zero-order valence-electron chi connectivity index (χ0n) is 24.5. The lowest BCUT2D eigenvalue weighted by molar-refractivity contribution is -0.121. The van der Waals surface area contributed by atoms with Crippen molar-refractivity contribution in [1.29, 1.82) is 0 Å². The largest absolute Gasteiger partial charge is 0.393 e. The Labute approximate surface area is 246 Å². The van der Waals surface area contributed by atoms with Gasteiger partial charge in [0.05, 0.1) is 12.3 Å². The van der Waals surface area contributed by atoms with Crippen molar-refractivity contribution in [3.8, 4) is 0 Å². The normalized spacial score (nSPS) is 22.5. The SMILES string of the molecule is C=CC(=O)NC1CCC(C(=O)Nc2cccc(CNc3nc(NC4CCC(O)CC4)nc4c(C(C)C)cnn34)c2)CC1. The van der Waals surface area contributed by atoms with E-state index in [-0.39, 0.29) is 41.8 Å². The molecule has 42 heavy (non-hydrogen) atoms. The summed E-state index contributed by atoms with van der Waals surface area (Å²) in [6, 6.07) is 8.11. The molecule has 0 radical (unpaired) electrons. The monoisotopic (exact) mass is 574 g/mol. The number of nitrogens with zero attached hydrogens (tertiary/aromatic N) is 4. The van der Waals surface area contributed by atoms with Gasteiger partial charge < -0.3 is 26.4 Å². The number of nitrogens with one attached hydrogen (secondary N) is 4. The van der Waals surface area contributed by atoms with Crippen LogP contribution in [-0.4, -0.2) is 54.7 Å². The maximum atomic E-state index is 13.0. The molecule has 2 aromatic heterocycles. The van der Waals surface area contributed by atoms with Crippen LogP contribution in [0.25, 0.3) is 5.65 Å². The molecule has 2 aliphatic carbocycles. The molecular formula is C31H42N8O3. The van der Waals surface area contributed by atoms with Crippen molar-refractivity contribution in [3.05, 3.63) is 54.2 Å². The zero-order valence-corrected chi connectivity index (χ0v) is 24.5. The van der Waals surface area contributed by atoms with Crippen molar-refractivity contribution in [2.45, 2.75) is 95.9 Å². The van der Waals surface area contributed by atoms with Crippen LogP contribution in [-0.2, 0) is 16.1 Å². The number of aromatic nitrogens is 4. The van der Waals surface area contributed by atoms with E-state index in [1.165, 1.54) is 6.08 Å². The second-order valence-corrected chi connectivity index (χ2v) is 11.8. The Kier molecular flexibility index (Phi) is 9.36. The fraction of sp³-hybridized carbons (Fsp3) is 0.516. The number of benzene rings is 1. The van der Waals surface area contributed by atoms with Gasteiger partial charge in [0.1, 0.15) is 0 Å². The van der Waals surface area contributed by atoms with Gasteiger partial charge in [-0.1, -0.05) is 32.6 Å². The minimum atomic E-state index is -0.224. The molecule has 11 nitrogen and oxygen atoms in total. The van der Waals surface area contributed by atoms with Crippen LogP contribution in [0.5, 0.6) is 0 Å². The molecule has 0 aliphatic heterocycles. The summed E-state index contributed by atoms with van der Waals surface area (Å²) in [4.78, 5) is 34.1. The number of aliphatic hydroxyl groups excluding tert-OH is 1. The van der Waals surface area contributed by atoms with Crippen LogP contribution in [0.4, 0.5) is 17.6 Å². The number of aliphatic hydroxyl groups is 1. The summed E-state index contributed by atoms with van der Waals surface area (Å²) in [5, 5.41) is 27.4. The van der Waals surface area contributed by atoms with Crippen LogP contribution in [0.3, 0.4) is 0 Å². The number of hydrogen-bond acceptors (Lipinski definition) is 8. The zero-order chi connectivity index (χ0) is 29.6. The van der Waals surface area contributed by atoms with Gasteiger partial charge in [0.25, 0.3) is 0 Å². The van der Waals surface area contributed by atoms with Gasteiger partial charge in [0.2, 0.25) is 23.7 Å². The smallest absolute Gasteiger partial charge is 0.243 e. The molecule has 11 heteroatoms. The number of carbonyl (C=O) groups is 2. The number of anilines is 3. The average Bonchev–Trinajstić information content (AvgIpc) is 3.42. The van der Waals surface area contributed by atoms with Crippen LogP contribution in [0, 0.1) is 5.92 Å². The lowest BCUT2D eigenvalue weighted by atomic mass is 9.85. The summed E-state index contributed by atoms with van der Waals surface area (Å²) in [6.45, 7) is 8.22. The molecule has 5 N–H and O–H groups in total. The molecule has 5 rings (SSSR count). The maximum Gasteiger partial charge on any atom is 0.243 e. The molecule has 0 atom stereocenters. The highest BCUT2D eigenvalue weighted by Crippen LogP contribution is 2.27. The standard InChI is InChI=1S/C31H42N8O3/c1-4-27(41)34-22-10-8-21(9-11-22)29(42)35-24-7-5-6-20(16-24)17-32-31-38-30(36-23-12-14-25(40)15-13-23)37-28-26(19(2)3)18-33-39(28)31/h4-7,16,18-19,21-23,25,40H,1,8-15,17H2,2-3H3,(H,34,41)(H,35,42)(H2,32,36,37,38). The van der Waals surface area contributed by atoms with E-state index in [9.17, 15) is 14.7 Å². The van der Waals surface area contributed by atoms with E-state index in [0.29, 0.717) is 18.4 Å². The van der Waals surface area contributed by atoms with Crippen LogP contribution < -0.4 is 21.3 Å². The molecule has 1 aromatic carbocycles. The molecule has 2 fully saturated rings. The van der Waals surface area contributed by atoms with Crippen molar-refractivity contribution in [3.63, 3.8) is 0 Å². The highest BCUT2D eigenvalue weighted by atomic mass is 16.3. The van der Waals surface area contributed by atoms with Crippen molar-refractivity contribution in [1.82, 2.24) is 24.9 Å². The van der Waals surface area contributed by atoms with E-state index in [0.717, 1.165) is 73.8 Å². The first-order chi connectivity index (χ1) is 20.3. The van der Waals surface area contributed by atoms with Crippen molar-refractivity contribution >= 4 is 35.0 Å². The first-order valence-corrected chi connectivity index (χ1v) is 15.1. The lowest BCUT2D eigenvalue weighted by Gasteiger charge is -2.28. The summed E-state index contributed by atoms with van der Waals surface area (Å²) in [5.41, 5.74) is 3.55. The molecule has 2 heterocycles. The van der Waals surface area contributed by atoms with Crippen LogP contribution in [0.15, 0.2) is 43.1 Å². The summed E-state index contributed by atoms with van der Waals surface area (Å²) >= 11 is 0. The van der Waals surface area contributed by atoms with Crippen molar-refractivity contribution in [2.24, 2.45) is 5.92 Å². The molecule has 0 unspecified atom stereocenters. The summed E-state index contributed by atoms with van der Waals surface area (Å²) in [7, 11) is 0. The Morgan fingerprint density at radius 1 is 1.07 bits per heavy atom. The number of rotatable bonds is 10. The molecule has 2 aliphatic rings. The van der Waals surface area contributed by atoms with Crippen molar-refractivity contribution in [2.75, 3.05) is 16.0 Å². The third kappa shape index (κ3) is 7.25. The minimum absolute atomic E-state index is 0.00909. The molecule has 0 saturated heterocycles. The molecule has 2 amide bonds. The average molecular weight is 575 g/mol. The van der Waals surface area contributed by atoms with Gasteiger partial charge in [0.15, 0.2) is 5.65 Å². The van der Waals surface area contributed by atoms with E-state index in [1.54, 1.807) is 4.52 Å². The van der Waals surface area contributed by atoms with E-state index in [2.05, 4.69) is 46.8 Å². The van der Waals surface area contributed by atoms with Gasteiger partial charge in [-0.25, -0.2) is 0 Å². The van der Waals surface area contributed by atoms with E-state index < -0.39 is 0 Å². The highest BCUT2D eigenvalue weighted by Gasteiger charge is 2.27. The molecule has 0 spiro atoms. The fourth-order valence-corrected chi connectivity index (χ4v) is 5.83. The highest BCUT2D eigenvalue weighted by molar-refractivity contribution is 5.92. The Morgan fingerprint density at radius 2 is 1.81 bits per heavy atom. The van der Waals surface area contributed by atoms with Gasteiger partial charge in [-0.2, -0.15) is 19.6 Å². The second-order valence-electron chi connectivity index (χ2n) is 11.8. The quantitative estimate of drug-likeness (QED) is 0.224. The third-order valence-corrected chi connectivity index (χ3v) is 8.32. The van der Waals surface area contributed by atoms with Gasteiger partial charge in [-0.15, -0.1) is 0 Å². The molecule has 2 saturated carbocycles. The maximum absolute atomic E-state index is 13.0. The number of amides is 2. The van der Waals surface area contributed by atoms with Gasteiger partial charge in [-0.05, 0) is 81.1 Å². The summed E-state index contributed by atoms with van der Waals surface area (Å²) in [6.07, 6.45) is 9.23. The lowest BCUT2D eigenvalue weighted by Crippen LogP contribution is -2.38. The van der Waals surface area contributed by atoms with Gasteiger partial charge in [0, 0.05) is 35.8 Å². The second kappa shape index (κ2) is 13.3. The van der Waals surface area contributed by atoms with E-state index >= 15 is 0 Å². The van der Waals surface area contributed by atoms with Gasteiger partial charge >= 0.3 is 0 Å². The number of carbonyl (C=O) groups excluding carboxylic acids is 2. The summed E-state index contributed by atoms with van der Waals surface area (Å²) < 4.78 is 1.74. The number of hydrogen-bond donors (Lipinski definition) is 5. The Balaban J connectivity index is 1.24. The van der Waals surface area contributed by atoms with E-state index in [1.807, 2.05) is 30.5 Å². The van der Waals surface area contributed by atoms with E-state index in [4.69, 9.17) is 9.97 Å². The first-order valence-electron chi connectivity index (χ1n) is 15.1. The molecule has 3 aromatic rings. The predicted molar refractivity (Wildman–Crippen MR) is 163 cm³/mol. The fourth-order valence-electron chi connectivity index (χ4n) is 5.83.